The molecule has 6 nitrogen and oxygen atoms in total. The number of aryl methyl sites for hydroxylation is 1. The van der Waals surface area contributed by atoms with Crippen LogP contribution in [-0.2, 0) is 17.8 Å². The zero-order valence-electron chi connectivity index (χ0n) is 14.1. The van der Waals surface area contributed by atoms with Crippen molar-refractivity contribution in [3.63, 3.8) is 0 Å². The number of cyclic esters (lactones) is 1. The van der Waals surface area contributed by atoms with E-state index in [1.807, 2.05) is 55.5 Å². The number of hydrogen-bond acceptors (Lipinski definition) is 3. The molecule has 1 aliphatic heterocycles. The third kappa shape index (κ3) is 4.73. The minimum absolute atomic E-state index is 0.265. The van der Waals surface area contributed by atoms with Crippen molar-refractivity contribution in [1.29, 1.82) is 0 Å². The average Bonchev–Trinajstić information content (AvgIpc) is 2.99. The first kappa shape index (κ1) is 16.8. The molecule has 0 unspecified atom stereocenters. The van der Waals surface area contributed by atoms with E-state index in [0.717, 1.165) is 11.1 Å². The fourth-order valence-corrected chi connectivity index (χ4v) is 2.60. The topological polar surface area (TPSA) is 70.7 Å². The first-order valence-corrected chi connectivity index (χ1v) is 8.21. The van der Waals surface area contributed by atoms with Gasteiger partial charge in [-0.3, -0.25) is 0 Å². The summed E-state index contributed by atoms with van der Waals surface area (Å²) in [7, 11) is 0. The van der Waals surface area contributed by atoms with Gasteiger partial charge in [-0.15, -0.1) is 0 Å². The van der Waals surface area contributed by atoms with Crippen LogP contribution in [0.1, 0.15) is 16.7 Å². The van der Waals surface area contributed by atoms with Crippen LogP contribution in [-0.4, -0.2) is 30.2 Å². The van der Waals surface area contributed by atoms with Gasteiger partial charge in [0.2, 0.25) is 0 Å². The van der Waals surface area contributed by atoms with Crippen molar-refractivity contribution in [2.75, 3.05) is 18.5 Å². The molecule has 2 aromatic rings. The minimum atomic E-state index is -0.297. The largest absolute Gasteiger partial charge is 0.448 e. The van der Waals surface area contributed by atoms with Crippen LogP contribution in [0.3, 0.4) is 0 Å². The summed E-state index contributed by atoms with van der Waals surface area (Å²) in [6.07, 6.45) is -0.297. The van der Waals surface area contributed by atoms with Crippen LogP contribution in [0.25, 0.3) is 0 Å². The summed E-state index contributed by atoms with van der Waals surface area (Å²) in [5.74, 6) is 0. The van der Waals surface area contributed by atoms with E-state index >= 15 is 0 Å². The molecule has 1 aliphatic rings. The molecule has 0 bridgehead atoms. The predicted octanol–water partition coefficient (Wildman–Crippen LogP) is 3.27. The van der Waals surface area contributed by atoms with Gasteiger partial charge in [-0.25, -0.2) is 9.59 Å². The van der Waals surface area contributed by atoms with Crippen LogP contribution >= 0.6 is 0 Å². The van der Waals surface area contributed by atoms with E-state index in [9.17, 15) is 9.59 Å². The maximum atomic E-state index is 12.1. The van der Waals surface area contributed by atoms with Crippen molar-refractivity contribution >= 4 is 17.8 Å². The molecule has 0 saturated carbocycles. The number of amides is 3. The van der Waals surface area contributed by atoms with Gasteiger partial charge in [0.25, 0.3) is 0 Å². The second kappa shape index (κ2) is 7.70. The fourth-order valence-electron chi connectivity index (χ4n) is 2.60. The van der Waals surface area contributed by atoms with Gasteiger partial charge in [0.05, 0.1) is 6.54 Å². The number of ether oxygens (including phenoxy) is 1. The molecule has 2 aromatic carbocycles. The summed E-state index contributed by atoms with van der Waals surface area (Å²) in [6, 6.07) is 15.2. The molecule has 6 heteroatoms. The highest BCUT2D eigenvalue weighted by atomic mass is 16.6. The predicted molar refractivity (Wildman–Crippen MR) is 95.2 cm³/mol. The number of carbonyl (C=O) groups is 2. The number of hydrogen-bond donors (Lipinski definition) is 2. The smallest absolute Gasteiger partial charge is 0.410 e. The number of urea groups is 1. The van der Waals surface area contributed by atoms with Crippen molar-refractivity contribution in [3.8, 4) is 0 Å². The van der Waals surface area contributed by atoms with Crippen LogP contribution in [0.2, 0.25) is 0 Å². The summed E-state index contributed by atoms with van der Waals surface area (Å²) in [5.41, 5.74) is 3.86. The van der Waals surface area contributed by atoms with Gasteiger partial charge in [0.15, 0.2) is 0 Å². The molecule has 0 radical (unpaired) electrons. The second-order valence-electron chi connectivity index (χ2n) is 6.03. The van der Waals surface area contributed by atoms with E-state index < -0.39 is 0 Å². The Morgan fingerprint density at radius 2 is 1.96 bits per heavy atom. The highest BCUT2D eigenvalue weighted by Crippen LogP contribution is 2.15. The Labute approximate surface area is 146 Å². The monoisotopic (exact) mass is 339 g/mol. The molecule has 25 heavy (non-hydrogen) atoms. The van der Waals surface area contributed by atoms with E-state index in [4.69, 9.17) is 4.74 Å². The van der Waals surface area contributed by atoms with Crippen LogP contribution in [0.4, 0.5) is 15.3 Å². The Bertz CT molecular complexity index is 759. The Morgan fingerprint density at radius 3 is 2.68 bits per heavy atom. The van der Waals surface area contributed by atoms with Gasteiger partial charge < -0.3 is 20.3 Å². The van der Waals surface area contributed by atoms with Gasteiger partial charge in [-0.2, -0.15) is 0 Å². The van der Waals surface area contributed by atoms with Crippen molar-refractivity contribution in [3.05, 3.63) is 65.2 Å². The maximum absolute atomic E-state index is 12.1. The van der Waals surface area contributed by atoms with Crippen LogP contribution in [0.15, 0.2) is 48.5 Å². The molecular formula is C19H21N3O3. The summed E-state index contributed by atoms with van der Waals surface area (Å²) in [5, 5.41) is 5.65. The third-order valence-electron chi connectivity index (χ3n) is 3.98. The van der Waals surface area contributed by atoms with E-state index in [2.05, 4.69) is 10.6 Å². The highest BCUT2D eigenvalue weighted by Gasteiger charge is 2.21. The highest BCUT2D eigenvalue weighted by molar-refractivity contribution is 5.89. The number of carbonyl (C=O) groups excluding carboxylic acids is 2. The van der Waals surface area contributed by atoms with E-state index in [1.54, 1.807) is 4.90 Å². The SMILES string of the molecule is Cc1ccc(CNC(=O)Nc2cccc(CN3CCOC3=O)c2)cc1. The van der Waals surface area contributed by atoms with Crippen molar-refractivity contribution < 1.29 is 14.3 Å². The van der Waals surface area contributed by atoms with Crippen molar-refractivity contribution in [2.24, 2.45) is 0 Å². The first-order chi connectivity index (χ1) is 12.1. The van der Waals surface area contributed by atoms with Gasteiger partial charge >= 0.3 is 12.1 Å². The molecular weight excluding hydrogens is 318 g/mol. The fraction of sp³-hybridized carbons (Fsp3) is 0.263. The summed E-state index contributed by atoms with van der Waals surface area (Å²) in [6.45, 7) is 3.98. The molecule has 0 spiro atoms. The minimum Gasteiger partial charge on any atom is -0.448 e. The lowest BCUT2D eigenvalue weighted by Gasteiger charge is -2.14. The Morgan fingerprint density at radius 1 is 1.16 bits per heavy atom. The molecule has 2 N–H and O–H groups in total. The Balaban J connectivity index is 1.53. The molecule has 3 amide bonds. The normalized spacial score (nSPS) is 13.5. The van der Waals surface area contributed by atoms with Gasteiger partial charge in [0.1, 0.15) is 6.61 Å². The number of anilines is 1. The summed E-state index contributed by atoms with van der Waals surface area (Å²) < 4.78 is 4.92. The molecule has 1 fully saturated rings. The van der Waals surface area contributed by atoms with Crippen LogP contribution < -0.4 is 10.6 Å². The maximum Gasteiger partial charge on any atom is 0.410 e. The van der Waals surface area contributed by atoms with Gasteiger partial charge in [-0.1, -0.05) is 42.0 Å². The molecule has 130 valence electrons. The van der Waals surface area contributed by atoms with Gasteiger partial charge in [-0.05, 0) is 30.2 Å². The lowest BCUT2D eigenvalue weighted by atomic mass is 10.1. The standard InChI is InChI=1S/C19H21N3O3/c1-14-5-7-15(8-6-14)12-20-18(23)21-17-4-2-3-16(11-17)13-22-9-10-25-19(22)24/h2-8,11H,9-10,12-13H2,1H3,(H2,20,21,23). The summed E-state index contributed by atoms with van der Waals surface area (Å²) >= 11 is 0. The molecule has 1 saturated heterocycles. The Hall–Kier alpha value is -3.02. The van der Waals surface area contributed by atoms with Crippen molar-refractivity contribution in [1.82, 2.24) is 10.2 Å². The summed E-state index contributed by atoms with van der Waals surface area (Å²) in [4.78, 5) is 25.2. The lowest BCUT2D eigenvalue weighted by Crippen LogP contribution is -2.28. The molecule has 1 heterocycles. The lowest BCUT2D eigenvalue weighted by molar-refractivity contribution is 0.157. The Kier molecular flexibility index (Phi) is 5.18. The van der Waals surface area contributed by atoms with E-state index in [0.29, 0.717) is 31.9 Å². The van der Waals surface area contributed by atoms with E-state index in [-0.39, 0.29) is 12.1 Å². The van der Waals surface area contributed by atoms with Crippen molar-refractivity contribution in [2.45, 2.75) is 20.0 Å². The third-order valence-corrected chi connectivity index (χ3v) is 3.98. The second-order valence-corrected chi connectivity index (χ2v) is 6.03. The molecule has 3 rings (SSSR count). The van der Waals surface area contributed by atoms with Gasteiger partial charge in [0, 0.05) is 18.8 Å². The zero-order chi connectivity index (χ0) is 17.6. The number of benzene rings is 2. The molecule has 0 atom stereocenters. The number of nitrogens with one attached hydrogen (secondary N) is 2. The number of nitrogens with zero attached hydrogens (tertiary/aromatic N) is 1. The number of rotatable bonds is 5. The van der Waals surface area contributed by atoms with E-state index in [1.165, 1.54) is 5.56 Å². The first-order valence-electron chi connectivity index (χ1n) is 8.21. The molecule has 0 aromatic heterocycles. The average molecular weight is 339 g/mol. The molecule has 0 aliphatic carbocycles. The van der Waals surface area contributed by atoms with Crippen LogP contribution in [0.5, 0.6) is 0 Å². The zero-order valence-corrected chi connectivity index (χ0v) is 14.1. The quantitative estimate of drug-likeness (QED) is 0.878. The van der Waals surface area contributed by atoms with Crippen LogP contribution in [0, 0.1) is 6.92 Å².